The van der Waals surface area contributed by atoms with Crippen molar-refractivity contribution in [1.82, 2.24) is 0 Å². The Bertz CT molecular complexity index is 425. The lowest BCUT2D eigenvalue weighted by Gasteiger charge is -2.33. The zero-order valence-corrected chi connectivity index (χ0v) is 12.6. The quantitative estimate of drug-likeness (QED) is 0.870. The first kappa shape index (κ1) is 15.3. The van der Waals surface area contributed by atoms with Crippen molar-refractivity contribution in [3.63, 3.8) is 0 Å². The van der Waals surface area contributed by atoms with E-state index in [-0.39, 0.29) is 0 Å². The Balaban J connectivity index is 2.12. The van der Waals surface area contributed by atoms with Crippen LogP contribution in [-0.4, -0.2) is 25.4 Å². The molecule has 3 N–H and O–H groups in total. The van der Waals surface area contributed by atoms with Gasteiger partial charge in [-0.3, -0.25) is 0 Å². The van der Waals surface area contributed by atoms with Gasteiger partial charge in [-0.05, 0) is 80.2 Å². The molecule has 0 bridgehead atoms. The number of hydrogen-bond acceptors (Lipinski definition) is 3. The molecule has 1 aliphatic rings. The third-order valence-corrected chi connectivity index (χ3v) is 4.85. The minimum atomic E-state index is 0.335. The molecular formula is C17H27NO2. The highest BCUT2D eigenvalue weighted by Gasteiger charge is 2.28. The predicted molar refractivity (Wildman–Crippen MR) is 82.1 cm³/mol. The van der Waals surface area contributed by atoms with Gasteiger partial charge in [-0.15, -0.1) is 0 Å². The van der Waals surface area contributed by atoms with Crippen LogP contribution >= 0.6 is 0 Å². The van der Waals surface area contributed by atoms with Crippen LogP contribution in [0.2, 0.25) is 0 Å². The smallest absolute Gasteiger partial charge is 0.119 e. The van der Waals surface area contributed by atoms with Crippen molar-refractivity contribution in [2.24, 2.45) is 17.6 Å². The van der Waals surface area contributed by atoms with E-state index < -0.39 is 0 Å². The summed E-state index contributed by atoms with van der Waals surface area (Å²) in [6.45, 7) is 3.17. The number of rotatable bonds is 5. The molecule has 1 unspecified atom stereocenters. The number of ether oxygens (including phenoxy) is 1. The largest absolute Gasteiger partial charge is 0.497 e. The summed E-state index contributed by atoms with van der Waals surface area (Å²) in [4.78, 5) is 0. The second kappa shape index (κ2) is 7.09. The monoisotopic (exact) mass is 277 g/mol. The first-order valence-electron chi connectivity index (χ1n) is 7.65. The van der Waals surface area contributed by atoms with E-state index in [9.17, 15) is 5.11 Å². The lowest BCUT2D eigenvalue weighted by molar-refractivity contribution is 0.158. The van der Waals surface area contributed by atoms with Crippen molar-refractivity contribution < 1.29 is 9.84 Å². The maximum absolute atomic E-state index is 9.25. The zero-order valence-electron chi connectivity index (χ0n) is 12.6. The molecule has 1 fully saturated rings. The Morgan fingerprint density at radius 3 is 2.50 bits per heavy atom. The van der Waals surface area contributed by atoms with Gasteiger partial charge in [-0.1, -0.05) is 6.07 Å². The van der Waals surface area contributed by atoms with E-state index in [1.165, 1.54) is 24.0 Å². The fraction of sp³-hybridized carbons (Fsp3) is 0.647. The fourth-order valence-electron chi connectivity index (χ4n) is 3.54. The molecule has 0 spiro atoms. The summed E-state index contributed by atoms with van der Waals surface area (Å²) in [5.74, 6) is 2.49. The van der Waals surface area contributed by atoms with E-state index in [1.807, 2.05) is 6.07 Å². The van der Waals surface area contributed by atoms with Gasteiger partial charge in [-0.25, -0.2) is 0 Å². The number of benzene rings is 1. The number of methoxy groups -OCH3 is 1. The number of aliphatic hydroxyl groups excluding tert-OH is 1. The van der Waals surface area contributed by atoms with Crippen LogP contribution in [0.1, 0.15) is 42.7 Å². The van der Waals surface area contributed by atoms with Gasteiger partial charge < -0.3 is 15.6 Å². The van der Waals surface area contributed by atoms with Crippen LogP contribution in [0.4, 0.5) is 0 Å². The van der Waals surface area contributed by atoms with E-state index in [0.29, 0.717) is 30.9 Å². The van der Waals surface area contributed by atoms with Crippen LogP contribution in [-0.2, 0) is 0 Å². The van der Waals surface area contributed by atoms with Crippen molar-refractivity contribution in [3.05, 3.63) is 29.3 Å². The summed E-state index contributed by atoms with van der Waals surface area (Å²) >= 11 is 0. The second-order valence-corrected chi connectivity index (χ2v) is 6.03. The van der Waals surface area contributed by atoms with Crippen molar-refractivity contribution >= 4 is 0 Å². The van der Waals surface area contributed by atoms with Crippen molar-refractivity contribution in [2.75, 3.05) is 20.3 Å². The average Bonchev–Trinajstić information content (AvgIpc) is 2.50. The van der Waals surface area contributed by atoms with Gasteiger partial charge in [0.1, 0.15) is 5.75 Å². The summed E-state index contributed by atoms with van der Waals surface area (Å²) in [7, 11) is 1.70. The van der Waals surface area contributed by atoms with Crippen LogP contribution in [0.25, 0.3) is 0 Å². The van der Waals surface area contributed by atoms with E-state index >= 15 is 0 Å². The molecule has 0 saturated heterocycles. The SMILES string of the molecule is COc1ccc(C(CN)C2CCC(CO)CC2)c(C)c1. The molecule has 0 heterocycles. The molecule has 0 aliphatic heterocycles. The standard InChI is InChI=1S/C17H27NO2/c1-12-9-15(20-2)7-8-16(12)17(10-18)14-5-3-13(11-19)4-6-14/h7-9,13-14,17,19H,3-6,10-11,18H2,1-2H3. The molecule has 0 aromatic heterocycles. The highest BCUT2D eigenvalue weighted by Crippen LogP contribution is 2.39. The van der Waals surface area contributed by atoms with Crippen LogP contribution < -0.4 is 10.5 Å². The summed E-state index contributed by atoms with van der Waals surface area (Å²) in [6, 6.07) is 6.30. The van der Waals surface area contributed by atoms with Crippen LogP contribution in [0.3, 0.4) is 0 Å². The summed E-state index contributed by atoms with van der Waals surface area (Å²) in [5.41, 5.74) is 8.69. The Morgan fingerprint density at radius 2 is 2.00 bits per heavy atom. The fourth-order valence-corrected chi connectivity index (χ4v) is 3.54. The van der Waals surface area contributed by atoms with Gasteiger partial charge in [0.25, 0.3) is 0 Å². The molecule has 20 heavy (non-hydrogen) atoms. The lowest BCUT2D eigenvalue weighted by Crippen LogP contribution is -2.27. The molecule has 0 radical (unpaired) electrons. The highest BCUT2D eigenvalue weighted by molar-refractivity contribution is 5.37. The van der Waals surface area contributed by atoms with Gasteiger partial charge in [0.2, 0.25) is 0 Å². The molecule has 1 aliphatic carbocycles. The van der Waals surface area contributed by atoms with E-state index in [4.69, 9.17) is 10.5 Å². The normalized spacial score (nSPS) is 24.4. The molecule has 0 amide bonds. The van der Waals surface area contributed by atoms with E-state index in [2.05, 4.69) is 19.1 Å². The molecule has 3 heteroatoms. The molecule has 3 nitrogen and oxygen atoms in total. The second-order valence-electron chi connectivity index (χ2n) is 6.03. The van der Waals surface area contributed by atoms with Crippen LogP contribution in [0, 0.1) is 18.8 Å². The highest BCUT2D eigenvalue weighted by atomic mass is 16.5. The number of hydrogen-bond donors (Lipinski definition) is 2. The Morgan fingerprint density at radius 1 is 1.30 bits per heavy atom. The summed E-state index contributed by atoms with van der Waals surface area (Å²) in [5, 5.41) is 9.25. The van der Waals surface area contributed by atoms with Crippen LogP contribution in [0.5, 0.6) is 5.75 Å². The molecular weight excluding hydrogens is 250 g/mol. The molecule has 1 saturated carbocycles. The molecule has 112 valence electrons. The van der Waals surface area contributed by atoms with Gasteiger partial charge in [0, 0.05) is 6.61 Å². The van der Waals surface area contributed by atoms with Gasteiger partial charge in [0.05, 0.1) is 7.11 Å². The van der Waals surface area contributed by atoms with Crippen molar-refractivity contribution in [3.8, 4) is 5.75 Å². The third kappa shape index (κ3) is 3.33. The maximum atomic E-state index is 9.25. The topological polar surface area (TPSA) is 55.5 Å². The Kier molecular flexibility index (Phi) is 5.44. The van der Waals surface area contributed by atoms with Gasteiger partial charge in [0.15, 0.2) is 0 Å². The predicted octanol–water partition coefficient (Wildman–Crippen LogP) is 2.84. The summed E-state index contributed by atoms with van der Waals surface area (Å²) < 4.78 is 5.28. The molecule has 2 rings (SSSR count). The van der Waals surface area contributed by atoms with Gasteiger partial charge >= 0.3 is 0 Å². The summed E-state index contributed by atoms with van der Waals surface area (Å²) in [6.07, 6.45) is 4.62. The minimum Gasteiger partial charge on any atom is -0.497 e. The first-order chi connectivity index (χ1) is 9.69. The van der Waals surface area contributed by atoms with E-state index in [0.717, 1.165) is 18.6 Å². The number of aryl methyl sites for hydroxylation is 1. The van der Waals surface area contributed by atoms with Crippen molar-refractivity contribution in [1.29, 1.82) is 0 Å². The van der Waals surface area contributed by atoms with Crippen molar-refractivity contribution in [2.45, 2.75) is 38.5 Å². The molecule has 1 aromatic carbocycles. The maximum Gasteiger partial charge on any atom is 0.119 e. The Hall–Kier alpha value is -1.06. The van der Waals surface area contributed by atoms with Crippen LogP contribution in [0.15, 0.2) is 18.2 Å². The molecule has 1 aromatic rings. The lowest BCUT2D eigenvalue weighted by atomic mass is 9.73. The average molecular weight is 277 g/mol. The Labute approximate surface area is 122 Å². The van der Waals surface area contributed by atoms with Gasteiger partial charge in [-0.2, -0.15) is 0 Å². The number of nitrogens with two attached hydrogens (primary N) is 1. The van der Waals surface area contributed by atoms with E-state index in [1.54, 1.807) is 7.11 Å². The third-order valence-electron chi connectivity index (χ3n) is 4.85. The number of aliphatic hydroxyl groups is 1. The zero-order chi connectivity index (χ0) is 14.5. The molecule has 1 atom stereocenters. The minimum absolute atomic E-state index is 0.335. The first-order valence-corrected chi connectivity index (χ1v) is 7.65.